The van der Waals surface area contributed by atoms with Crippen molar-refractivity contribution in [1.82, 2.24) is 4.90 Å². The molecule has 8 heavy (non-hydrogen) atoms. The van der Waals surface area contributed by atoms with Crippen LogP contribution in [0.2, 0.25) is 0 Å². The first-order valence-electron chi connectivity index (χ1n) is 3.16. The summed E-state index contributed by atoms with van der Waals surface area (Å²) < 4.78 is 0. The quantitative estimate of drug-likeness (QED) is 0.532. The van der Waals surface area contributed by atoms with Crippen molar-refractivity contribution >= 4 is 0 Å². The van der Waals surface area contributed by atoms with E-state index in [0.29, 0.717) is 0 Å². The Balaban J connectivity index is 3.07. The molecule has 0 amide bonds. The monoisotopic (exact) mass is 113 g/mol. The van der Waals surface area contributed by atoms with Crippen LogP contribution < -0.4 is 0 Å². The molecule has 1 heteroatoms. The lowest BCUT2D eigenvalue weighted by atomic mass is 10.4. The summed E-state index contributed by atoms with van der Waals surface area (Å²) in [5, 5.41) is 0. The average molecular weight is 113 g/mol. The SMILES string of the molecule is [CH2]CCN(C[CH2])CC. The molecule has 0 spiro atoms. The van der Waals surface area contributed by atoms with Crippen LogP contribution >= 0.6 is 0 Å². The molecular weight excluding hydrogens is 98.1 g/mol. The van der Waals surface area contributed by atoms with Crippen molar-refractivity contribution in [3.8, 4) is 0 Å². The molecular formula is C7H15N. The minimum atomic E-state index is 0.909. The van der Waals surface area contributed by atoms with Gasteiger partial charge < -0.3 is 4.90 Å². The van der Waals surface area contributed by atoms with E-state index in [-0.39, 0.29) is 0 Å². The van der Waals surface area contributed by atoms with Crippen LogP contribution in [-0.2, 0) is 0 Å². The summed E-state index contributed by atoms with van der Waals surface area (Å²) in [7, 11) is 0. The van der Waals surface area contributed by atoms with Gasteiger partial charge in [0.05, 0.1) is 0 Å². The molecule has 0 aromatic rings. The number of hydrogen-bond donors (Lipinski definition) is 0. The molecule has 1 nitrogen and oxygen atoms in total. The van der Waals surface area contributed by atoms with E-state index in [9.17, 15) is 0 Å². The summed E-state index contributed by atoms with van der Waals surface area (Å²) in [6.07, 6.45) is 0.989. The molecule has 0 aromatic carbocycles. The molecule has 0 aliphatic rings. The van der Waals surface area contributed by atoms with Gasteiger partial charge in [0, 0.05) is 0 Å². The second-order valence-corrected chi connectivity index (χ2v) is 1.79. The molecule has 0 aliphatic heterocycles. The molecule has 0 aromatic heterocycles. The molecule has 0 rings (SSSR count). The van der Waals surface area contributed by atoms with Crippen LogP contribution in [0.5, 0.6) is 0 Å². The van der Waals surface area contributed by atoms with Crippen molar-refractivity contribution in [1.29, 1.82) is 0 Å². The van der Waals surface area contributed by atoms with Crippen LogP contribution in [-0.4, -0.2) is 24.5 Å². The summed E-state index contributed by atoms with van der Waals surface area (Å²) in [4.78, 5) is 2.26. The standard InChI is InChI=1S/C7H15N/c1-4-7-8(5-2)6-3/h1-2,4-7H2,3H3. The third-order valence-corrected chi connectivity index (χ3v) is 1.24. The van der Waals surface area contributed by atoms with Gasteiger partial charge in [0.25, 0.3) is 0 Å². The molecule has 0 unspecified atom stereocenters. The zero-order chi connectivity index (χ0) is 6.41. The number of hydrogen-bond acceptors (Lipinski definition) is 1. The summed E-state index contributed by atoms with van der Waals surface area (Å²) in [6, 6.07) is 0. The second-order valence-electron chi connectivity index (χ2n) is 1.79. The highest BCUT2D eigenvalue weighted by atomic mass is 15.1. The maximum absolute atomic E-state index is 3.77. The largest absolute Gasteiger partial charge is 0.304 e. The fraction of sp³-hybridized carbons (Fsp3) is 0.714. The van der Waals surface area contributed by atoms with E-state index >= 15 is 0 Å². The van der Waals surface area contributed by atoms with Crippen molar-refractivity contribution in [3.05, 3.63) is 13.8 Å². The van der Waals surface area contributed by atoms with E-state index in [2.05, 4.69) is 25.7 Å². The van der Waals surface area contributed by atoms with Crippen LogP contribution in [0.3, 0.4) is 0 Å². The first-order chi connectivity index (χ1) is 3.85. The molecule has 0 bridgehead atoms. The predicted octanol–water partition coefficient (Wildman–Crippen LogP) is 1.37. The lowest BCUT2D eigenvalue weighted by Gasteiger charge is -2.15. The second kappa shape index (κ2) is 5.10. The molecule has 0 saturated heterocycles. The molecule has 0 atom stereocenters. The molecule has 48 valence electrons. The smallest absolute Gasteiger partial charge is 0.00184 e. The van der Waals surface area contributed by atoms with Crippen LogP contribution in [0.15, 0.2) is 0 Å². The Labute approximate surface area is 52.7 Å². The van der Waals surface area contributed by atoms with Gasteiger partial charge in [-0.3, -0.25) is 0 Å². The Bertz CT molecular complexity index is 39.7. The Kier molecular flexibility index (Phi) is 5.08. The molecule has 0 fully saturated rings. The molecule has 2 radical (unpaired) electrons. The normalized spacial score (nSPS) is 10.5. The van der Waals surface area contributed by atoms with Gasteiger partial charge in [0.15, 0.2) is 0 Å². The molecule has 0 heterocycles. The molecule has 0 saturated carbocycles. The van der Waals surface area contributed by atoms with Gasteiger partial charge in [0.2, 0.25) is 0 Å². The van der Waals surface area contributed by atoms with Gasteiger partial charge >= 0.3 is 0 Å². The minimum absolute atomic E-state index is 0.909. The fourth-order valence-electron chi connectivity index (χ4n) is 0.652. The van der Waals surface area contributed by atoms with Crippen LogP contribution in [0.4, 0.5) is 0 Å². The first kappa shape index (κ1) is 7.96. The van der Waals surface area contributed by atoms with Gasteiger partial charge in [0.1, 0.15) is 0 Å². The van der Waals surface area contributed by atoms with Gasteiger partial charge in [-0.25, -0.2) is 0 Å². The highest BCUT2D eigenvalue weighted by Crippen LogP contribution is 1.86. The third-order valence-electron chi connectivity index (χ3n) is 1.24. The van der Waals surface area contributed by atoms with Crippen molar-refractivity contribution in [2.24, 2.45) is 0 Å². The van der Waals surface area contributed by atoms with E-state index in [4.69, 9.17) is 0 Å². The lowest BCUT2D eigenvalue weighted by Crippen LogP contribution is -2.23. The Morgan fingerprint density at radius 1 is 1.38 bits per heavy atom. The summed E-state index contributed by atoms with van der Waals surface area (Å²) in [6.45, 7) is 12.8. The zero-order valence-corrected chi connectivity index (χ0v) is 5.69. The molecule has 0 N–H and O–H groups in total. The van der Waals surface area contributed by atoms with Crippen LogP contribution in [0, 0.1) is 13.8 Å². The Hall–Kier alpha value is -0.0400. The van der Waals surface area contributed by atoms with Gasteiger partial charge in [-0.15, -0.1) is 0 Å². The van der Waals surface area contributed by atoms with Crippen molar-refractivity contribution in [2.75, 3.05) is 19.6 Å². The van der Waals surface area contributed by atoms with E-state index in [1.54, 1.807) is 0 Å². The van der Waals surface area contributed by atoms with E-state index in [0.717, 1.165) is 26.1 Å². The Morgan fingerprint density at radius 3 is 2.12 bits per heavy atom. The molecule has 0 aliphatic carbocycles. The highest BCUT2D eigenvalue weighted by molar-refractivity contribution is 4.56. The Morgan fingerprint density at radius 2 is 2.00 bits per heavy atom. The van der Waals surface area contributed by atoms with E-state index in [1.807, 2.05) is 0 Å². The average Bonchev–Trinajstić information content (AvgIpc) is 1.83. The maximum Gasteiger partial charge on any atom is -0.00184 e. The predicted molar refractivity (Wildman–Crippen MR) is 37.4 cm³/mol. The van der Waals surface area contributed by atoms with E-state index in [1.165, 1.54) is 0 Å². The van der Waals surface area contributed by atoms with Crippen LogP contribution in [0.25, 0.3) is 0 Å². The van der Waals surface area contributed by atoms with Gasteiger partial charge in [-0.2, -0.15) is 0 Å². The summed E-state index contributed by atoms with van der Waals surface area (Å²) in [5.74, 6) is 0. The topological polar surface area (TPSA) is 3.24 Å². The van der Waals surface area contributed by atoms with Crippen molar-refractivity contribution in [2.45, 2.75) is 13.3 Å². The first-order valence-corrected chi connectivity index (χ1v) is 3.16. The lowest BCUT2D eigenvalue weighted by molar-refractivity contribution is 0.324. The fourth-order valence-corrected chi connectivity index (χ4v) is 0.652. The van der Waals surface area contributed by atoms with Gasteiger partial charge in [-0.05, 0) is 33.0 Å². The minimum Gasteiger partial charge on any atom is -0.304 e. The maximum atomic E-state index is 3.77. The van der Waals surface area contributed by atoms with E-state index < -0.39 is 0 Å². The summed E-state index contributed by atoms with van der Waals surface area (Å²) >= 11 is 0. The highest BCUT2D eigenvalue weighted by Gasteiger charge is 1.92. The number of rotatable bonds is 4. The van der Waals surface area contributed by atoms with Crippen molar-refractivity contribution < 1.29 is 0 Å². The van der Waals surface area contributed by atoms with Gasteiger partial charge in [-0.1, -0.05) is 13.8 Å². The summed E-state index contributed by atoms with van der Waals surface area (Å²) in [5.41, 5.74) is 0. The van der Waals surface area contributed by atoms with Crippen LogP contribution in [0.1, 0.15) is 13.3 Å². The third kappa shape index (κ3) is 3.03. The zero-order valence-electron chi connectivity index (χ0n) is 5.69. The number of nitrogens with zero attached hydrogens (tertiary/aromatic N) is 1. The van der Waals surface area contributed by atoms with Crippen molar-refractivity contribution in [3.63, 3.8) is 0 Å².